The van der Waals surface area contributed by atoms with E-state index in [1.54, 1.807) is 43.3 Å². The molecule has 1 atom stereocenters. The Morgan fingerprint density at radius 3 is 2.83 bits per heavy atom. The fraction of sp³-hybridized carbons (Fsp3) is 0.250. The lowest BCUT2D eigenvalue weighted by atomic mass is 10.2. The van der Waals surface area contributed by atoms with Crippen molar-refractivity contribution in [3.05, 3.63) is 53.1 Å². The first kappa shape index (κ1) is 19.1. The lowest BCUT2D eigenvalue weighted by Gasteiger charge is -2.23. The molecule has 150 valence electrons. The molecule has 7 nitrogen and oxygen atoms in total. The third-order valence-corrected chi connectivity index (χ3v) is 5.28. The van der Waals surface area contributed by atoms with Crippen molar-refractivity contribution in [2.24, 2.45) is 4.99 Å². The normalized spacial score (nSPS) is 16.1. The van der Waals surface area contributed by atoms with Crippen LogP contribution in [0.5, 0.6) is 11.5 Å². The summed E-state index contributed by atoms with van der Waals surface area (Å²) in [5.41, 5.74) is 0.197. The molecule has 3 aromatic rings. The highest BCUT2D eigenvalue weighted by molar-refractivity contribution is 7.16. The molecule has 1 unspecified atom stereocenters. The summed E-state index contributed by atoms with van der Waals surface area (Å²) in [6.07, 6.45) is -0.934. The number of halogens is 1. The third kappa shape index (κ3) is 3.86. The van der Waals surface area contributed by atoms with Crippen molar-refractivity contribution in [3.8, 4) is 11.5 Å². The van der Waals surface area contributed by atoms with Crippen LogP contribution in [-0.4, -0.2) is 35.8 Å². The second-order valence-corrected chi connectivity index (χ2v) is 7.19. The molecular weight excluding hydrogens is 399 g/mol. The Hall–Kier alpha value is -3.20. The van der Waals surface area contributed by atoms with Crippen LogP contribution in [-0.2, 0) is 20.9 Å². The summed E-state index contributed by atoms with van der Waals surface area (Å²) in [6, 6.07) is 11.6. The zero-order valence-corrected chi connectivity index (χ0v) is 16.3. The van der Waals surface area contributed by atoms with Gasteiger partial charge in [-0.2, -0.15) is 4.99 Å². The van der Waals surface area contributed by atoms with E-state index in [4.69, 9.17) is 14.2 Å². The summed E-state index contributed by atoms with van der Waals surface area (Å²) < 4.78 is 32.5. The minimum atomic E-state index is -0.934. The number of esters is 1. The van der Waals surface area contributed by atoms with Crippen molar-refractivity contribution in [3.63, 3.8) is 0 Å². The van der Waals surface area contributed by atoms with E-state index in [9.17, 15) is 14.0 Å². The number of carbonyl (C=O) groups is 2. The van der Waals surface area contributed by atoms with E-state index >= 15 is 0 Å². The van der Waals surface area contributed by atoms with Gasteiger partial charge in [-0.05, 0) is 31.2 Å². The Morgan fingerprint density at radius 1 is 1.24 bits per heavy atom. The molecule has 1 aliphatic rings. The molecule has 0 aliphatic carbocycles. The highest BCUT2D eigenvalue weighted by Crippen LogP contribution is 2.31. The molecule has 9 heteroatoms. The predicted octanol–water partition coefficient (Wildman–Crippen LogP) is 2.67. The van der Waals surface area contributed by atoms with Crippen LogP contribution < -0.4 is 14.3 Å². The minimum Gasteiger partial charge on any atom is -0.485 e. The van der Waals surface area contributed by atoms with E-state index in [2.05, 4.69) is 4.99 Å². The molecular formula is C20H17FN2O5S. The summed E-state index contributed by atoms with van der Waals surface area (Å²) in [6.45, 7) is 1.63. The zero-order chi connectivity index (χ0) is 20.4. The monoisotopic (exact) mass is 416 g/mol. The van der Waals surface area contributed by atoms with Crippen molar-refractivity contribution in [2.45, 2.75) is 19.6 Å². The summed E-state index contributed by atoms with van der Waals surface area (Å²) in [7, 11) is 0. The largest absolute Gasteiger partial charge is 0.485 e. The number of aromatic nitrogens is 1. The fourth-order valence-electron chi connectivity index (χ4n) is 2.96. The summed E-state index contributed by atoms with van der Waals surface area (Å²) in [5.74, 6) is -0.630. The number of ether oxygens (including phenoxy) is 3. The number of amides is 1. The lowest BCUT2D eigenvalue weighted by Crippen LogP contribution is -2.37. The number of nitrogens with zero attached hydrogens (tertiary/aromatic N) is 2. The van der Waals surface area contributed by atoms with Gasteiger partial charge in [0.15, 0.2) is 16.3 Å². The molecule has 2 heterocycles. The molecule has 0 N–H and O–H groups in total. The van der Waals surface area contributed by atoms with Crippen LogP contribution in [0.2, 0.25) is 0 Å². The molecule has 1 amide bonds. The number of para-hydroxylation sites is 3. The lowest BCUT2D eigenvalue weighted by molar-refractivity contribution is -0.143. The molecule has 0 spiro atoms. The SMILES string of the molecule is CCOC(=O)Cn1c(=NC(=O)C2COc3ccccc3O2)sc2cccc(F)c21. The van der Waals surface area contributed by atoms with Crippen molar-refractivity contribution in [1.82, 2.24) is 4.57 Å². The summed E-state index contributed by atoms with van der Waals surface area (Å²) in [4.78, 5) is 29.0. The van der Waals surface area contributed by atoms with Crippen molar-refractivity contribution < 1.29 is 28.2 Å². The van der Waals surface area contributed by atoms with Gasteiger partial charge in [0.1, 0.15) is 19.0 Å². The fourth-order valence-corrected chi connectivity index (χ4v) is 4.01. The second-order valence-electron chi connectivity index (χ2n) is 6.18. The molecule has 1 aliphatic heterocycles. The Kier molecular flexibility index (Phi) is 5.30. The van der Waals surface area contributed by atoms with Gasteiger partial charge in [-0.3, -0.25) is 9.59 Å². The Morgan fingerprint density at radius 2 is 2.03 bits per heavy atom. The van der Waals surface area contributed by atoms with Gasteiger partial charge in [-0.25, -0.2) is 4.39 Å². The smallest absolute Gasteiger partial charge is 0.326 e. The van der Waals surface area contributed by atoms with Gasteiger partial charge in [0.2, 0.25) is 6.10 Å². The maximum atomic E-state index is 14.4. The van der Waals surface area contributed by atoms with Gasteiger partial charge in [-0.1, -0.05) is 29.5 Å². The van der Waals surface area contributed by atoms with E-state index in [1.165, 1.54) is 10.6 Å². The number of benzene rings is 2. The van der Waals surface area contributed by atoms with Gasteiger partial charge in [0.25, 0.3) is 5.91 Å². The first-order valence-electron chi connectivity index (χ1n) is 8.97. The highest BCUT2D eigenvalue weighted by Gasteiger charge is 2.27. The number of carbonyl (C=O) groups excluding carboxylic acids is 2. The molecule has 2 aromatic carbocycles. The van der Waals surface area contributed by atoms with E-state index in [0.29, 0.717) is 16.2 Å². The molecule has 0 saturated carbocycles. The van der Waals surface area contributed by atoms with Gasteiger partial charge < -0.3 is 18.8 Å². The summed E-state index contributed by atoms with van der Waals surface area (Å²) >= 11 is 1.11. The maximum Gasteiger partial charge on any atom is 0.326 e. The van der Waals surface area contributed by atoms with Crippen molar-refractivity contribution >= 4 is 33.4 Å². The van der Waals surface area contributed by atoms with Gasteiger partial charge in [-0.15, -0.1) is 0 Å². The highest BCUT2D eigenvalue weighted by atomic mass is 32.1. The minimum absolute atomic E-state index is 0.0104. The van der Waals surface area contributed by atoms with Gasteiger partial charge >= 0.3 is 5.97 Å². The van der Waals surface area contributed by atoms with Crippen LogP contribution in [0.15, 0.2) is 47.5 Å². The second kappa shape index (κ2) is 8.04. The first-order valence-corrected chi connectivity index (χ1v) is 9.79. The molecule has 0 radical (unpaired) electrons. The molecule has 0 bridgehead atoms. The zero-order valence-electron chi connectivity index (χ0n) is 15.5. The first-order chi connectivity index (χ1) is 14.1. The van der Waals surface area contributed by atoms with Crippen LogP contribution in [0.3, 0.4) is 0 Å². The van der Waals surface area contributed by atoms with Gasteiger partial charge in [0, 0.05) is 0 Å². The number of hydrogen-bond donors (Lipinski definition) is 0. The number of rotatable bonds is 4. The van der Waals surface area contributed by atoms with E-state index in [0.717, 1.165) is 11.3 Å². The number of fused-ring (bicyclic) bond motifs is 2. The topological polar surface area (TPSA) is 79.1 Å². The number of thiazole rings is 1. The van der Waals surface area contributed by atoms with Crippen molar-refractivity contribution in [1.29, 1.82) is 0 Å². The Labute approximate surface area is 169 Å². The van der Waals surface area contributed by atoms with Crippen molar-refractivity contribution in [2.75, 3.05) is 13.2 Å². The molecule has 0 saturated heterocycles. The van der Waals surface area contributed by atoms with Crippen LogP contribution in [0, 0.1) is 5.82 Å². The average molecular weight is 416 g/mol. The van der Waals surface area contributed by atoms with Crippen LogP contribution in [0.1, 0.15) is 6.92 Å². The maximum absolute atomic E-state index is 14.4. The van der Waals surface area contributed by atoms with Gasteiger partial charge in [0.05, 0.1) is 16.8 Å². The molecule has 1 aromatic heterocycles. The number of hydrogen-bond acceptors (Lipinski definition) is 6. The molecule has 4 rings (SSSR count). The predicted molar refractivity (Wildman–Crippen MR) is 103 cm³/mol. The Balaban J connectivity index is 1.71. The van der Waals surface area contributed by atoms with E-state index < -0.39 is 23.8 Å². The Bertz CT molecular complexity index is 1150. The third-order valence-electron chi connectivity index (χ3n) is 4.23. The van der Waals surface area contributed by atoms with E-state index in [-0.39, 0.29) is 30.1 Å². The van der Waals surface area contributed by atoms with Crippen LogP contribution in [0.4, 0.5) is 4.39 Å². The quantitative estimate of drug-likeness (QED) is 0.611. The van der Waals surface area contributed by atoms with E-state index in [1.807, 2.05) is 0 Å². The molecule has 0 fully saturated rings. The molecule has 29 heavy (non-hydrogen) atoms. The van der Waals surface area contributed by atoms with Crippen LogP contribution >= 0.6 is 11.3 Å². The standard InChI is InChI=1S/C20H17FN2O5S/c1-2-26-17(24)10-23-18-12(21)6-5-9-16(18)29-20(23)22-19(25)15-11-27-13-7-3-4-8-14(13)28-15/h3-9,15H,2,10-11H2,1H3. The average Bonchev–Trinajstić information content (AvgIpc) is 3.06. The summed E-state index contributed by atoms with van der Waals surface area (Å²) in [5, 5.41) is 0. The van der Waals surface area contributed by atoms with Crippen LogP contribution in [0.25, 0.3) is 10.2 Å².